The van der Waals surface area contributed by atoms with Crippen LogP contribution >= 0.6 is 0 Å². The van der Waals surface area contributed by atoms with Crippen LogP contribution in [-0.4, -0.2) is 29.9 Å². The minimum Gasteiger partial charge on any atom is -0.451 e. The van der Waals surface area contributed by atoms with Crippen LogP contribution in [0.3, 0.4) is 0 Å². The molecule has 0 saturated carbocycles. The molecule has 1 atom stereocenters. The maximum atomic E-state index is 12.5. The van der Waals surface area contributed by atoms with Gasteiger partial charge in [0.15, 0.2) is 6.10 Å². The first-order valence-electron chi connectivity index (χ1n) is 7.66. The van der Waals surface area contributed by atoms with Crippen molar-refractivity contribution in [1.82, 2.24) is 9.97 Å². The first kappa shape index (κ1) is 18.9. The van der Waals surface area contributed by atoms with E-state index >= 15 is 0 Å². The van der Waals surface area contributed by atoms with Crippen molar-refractivity contribution in [3.05, 3.63) is 59.9 Å². The number of H-pyrrole nitrogens is 1. The second-order valence-corrected chi connectivity index (χ2v) is 7.60. The van der Waals surface area contributed by atoms with Gasteiger partial charge in [-0.1, -0.05) is 12.1 Å². The first-order valence-corrected chi connectivity index (χ1v) is 9.15. The smallest absolute Gasteiger partial charge is 0.451 e. The molecule has 3 aromatic rings. The molecule has 0 amide bonds. The zero-order chi connectivity index (χ0) is 19.8. The number of halogens is 3. The topological polar surface area (TPSA) is 89.1 Å². The van der Waals surface area contributed by atoms with E-state index in [2.05, 4.69) is 9.97 Å². The average Bonchev–Trinajstić information content (AvgIpc) is 3.05. The van der Waals surface area contributed by atoms with E-state index in [-0.39, 0.29) is 5.56 Å². The molecule has 2 aromatic carbocycles. The van der Waals surface area contributed by atoms with E-state index in [1.54, 1.807) is 25.1 Å². The third-order valence-corrected chi connectivity index (χ3v) is 5.28. The highest BCUT2D eigenvalue weighted by Gasteiger charge is 2.46. The number of sulfone groups is 1. The van der Waals surface area contributed by atoms with Gasteiger partial charge in [0, 0.05) is 0 Å². The second kappa shape index (κ2) is 6.69. The number of ether oxygens (including phenoxy) is 1. The van der Waals surface area contributed by atoms with Crippen molar-refractivity contribution in [2.24, 2.45) is 0 Å². The summed E-state index contributed by atoms with van der Waals surface area (Å²) in [5.74, 6) is -0.417. The Morgan fingerprint density at radius 3 is 2.33 bits per heavy atom. The van der Waals surface area contributed by atoms with Gasteiger partial charge < -0.3 is 9.72 Å². The number of carbonyl (C=O) groups is 1. The molecule has 0 aliphatic heterocycles. The summed E-state index contributed by atoms with van der Waals surface area (Å²) in [5, 5.41) is 0. The van der Waals surface area contributed by atoms with Gasteiger partial charge in [0.2, 0.25) is 0 Å². The number of esters is 1. The third-order valence-electron chi connectivity index (χ3n) is 3.78. The van der Waals surface area contributed by atoms with Crippen LogP contribution < -0.4 is 0 Å². The summed E-state index contributed by atoms with van der Waals surface area (Å²) in [6.07, 6.45) is -0.747. The van der Waals surface area contributed by atoms with Crippen molar-refractivity contribution >= 4 is 26.8 Å². The zero-order valence-corrected chi connectivity index (χ0v) is 14.6. The quantitative estimate of drug-likeness (QED) is 0.676. The van der Waals surface area contributed by atoms with Crippen molar-refractivity contribution in [3.63, 3.8) is 0 Å². The maximum absolute atomic E-state index is 12.5. The molecule has 0 radical (unpaired) electrons. The van der Waals surface area contributed by atoms with Gasteiger partial charge in [-0.05, 0) is 43.3 Å². The van der Waals surface area contributed by atoms with Crippen LogP contribution in [-0.2, 0) is 14.6 Å². The minimum atomic E-state index is -5.47. The van der Waals surface area contributed by atoms with Gasteiger partial charge in [-0.15, -0.1) is 0 Å². The fourth-order valence-corrected chi connectivity index (χ4v) is 3.11. The number of alkyl halides is 3. The van der Waals surface area contributed by atoms with Crippen LogP contribution in [0.25, 0.3) is 11.0 Å². The Bertz CT molecular complexity index is 1060. The lowest BCUT2D eigenvalue weighted by molar-refractivity contribution is -0.0436. The number of imidazole rings is 1. The second-order valence-electron chi connectivity index (χ2n) is 5.66. The van der Waals surface area contributed by atoms with Crippen LogP contribution in [0.5, 0.6) is 0 Å². The molecule has 142 valence electrons. The first-order chi connectivity index (χ1) is 12.6. The summed E-state index contributed by atoms with van der Waals surface area (Å²) in [4.78, 5) is 18.5. The summed E-state index contributed by atoms with van der Waals surface area (Å²) in [6.45, 7) is 1.58. The molecule has 3 rings (SSSR count). The number of aromatic amines is 1. The van der Waals surface area contributed by atoms with Gasteiger partial charge in [0.25, 0.3) is 9.84 Å². The van der Waals surface area contributed by atoms with Crippen molar-refractivity contribution < 1.29 is 31.1 Å². The summed E-state index contributed by atoms with van der Waals surface area (Å²) in [7, 11) is -5.47. The van der Waals surface area contributed by atoms with Crippen molar-refractivity contribution in [2.75, 3.05) is 0 Å². The normalized spacial score (nSPS) is 13.5. The Morgan fingerprint density at radius 1 is 1.11 bits per heavy atom. The van der Waals surface area contributed by atoms with E-state index in [9.17, 15) is 26.4 Å². The summed E-state index contributed by atoms with van der Waals surface area (Å²) < 4.78 is 65.5. The molecule has 10 heteroatoms. The standard InChI is InChI=1S/C17H13F3N2O4S/c1-10(15-21-13-4-2-3-5-14(13)22-15)26-16(23)11-6-8-12(9-7-11)27(24,25)17(18,19)20/h2-10H,1H3,(H,21,22). The van der Waals surface area contributed by atoms with Crippen LogP contribution in [0.2, 0.25) is 0 Å². The van der Waals surface area contributed by atoms with Crippen molar-refractivity contribution in [1.29, 1.82) is 0 Å². The van der Waals surface area contributed by atoms with Gasteiger partial charge >= 0.3 is 11.5 Å². The largest absolute Gasteiger partial charge is 0.501 e. The fraction of sp³-hybridized carbons (Fsp3) is 0.176. The maximum Gasteiger partial charge on any atom is 0.501 e. The average molecular weight is 398 g/mol. The third kappa shape index (κ3) is 3.65. The number of para-hydroxylation sites is 2. The van der Waals surface area contributed by atoms with Gasteiger partial charge in [-0.3, -0.25) is 0 Å². The number of hydrogen-bond acceptors (Lipinski definition) is 5. The molecule has 0 fully saturated rings. The lowest BCUT2D eigenvalue weighted by atomic mass is 10.2. The Balaban J connectivity index is 1.76. The number of fused-ring (bicyclic) bond motifs is 1. The number of carbonyl (C=O) groups excluding carboxylic acids is 1. The molecular formula is C17H13F3N2O4S. The Hall–Kier alpha value is -2.88. The number of aromatic nitrogens is 2. The molecule has 0 aliphatic carbocycles. The SMILES string of the molecule is CC(OC(=O)c1ccc(S(=O)(=O)C(F)(F)F)cc1)c1nc2ccccc2[nH]1. The van der Waals surface area contributed by atoms with Crippen LogP contribution in [0, 0.1) is 0 Å². The molecule has 0 saturated heterocycles. The molecule has 1 heterocycles. The van der Waals surface area contributed by atoms with E-state index in [1.807, 2.05) is 6.07 Å². The highest BCUT2D eigenvalue weighted by atomic mass is 32.2. The summed E-state index contributed by atoms with van der Waals surface area (Å²) >= 11 is 0. The molecule has 0 bridgehead atoms. The van der Waals surface area contributed by atoms with E-state index in [0.717, 1.165) is 17.6 Å². The Morgan fingerprint density at radius 2 is 1.74 bits per heavy atom. The number of benzene rings is 2. The lowest BCUT2D eigenvalue weighted by Crippen LogP contribution is -2.23. The van der Waals surface area contributed by atoms with Crippen LogP contribution in [0.1, 0.15) is 29.2 Å². The molecule has 27 heavy (non-hydrogen) atoms. The van der Waals surface area contributed by atoms with E-state index in [1.165, 1.54) is 0 Å². The Labute approximate surface area is 151 Å². The monoisotopic (exact) mass is 398 g/mol. The van der Waals surface area contributed by atoms with E-state index in [0.29, 0.717) is 23.5 Å². The van der Waals surface area contributed by atoms with Gasteiger partial charge in [-0.2, -0.15) is 13.2 Å². The molecule has 1 unspecified atom stereocenters. The minimum absolute atomic E-state index is 0.0842. The number of hydrogen-bond donors (Lipinski definition) is 1. The summed E-state index contributed by atoms with van der Waals surface area (Å²) in [6, 6.07) is 10.6. The Kier molecular flexibility index (Phi) is 4.68. The van der Waals surface area contributed by atoms with Gasteiger partial charge in [0.1, 0.15) is 5.82 Å². The highest BCUT2D eigenvalue weighted by molar-refractivity contribution is 7.92. The lowest BCUT2D eigenvalue weighted by Gasteiger charge is -2.11. The molecule has 1 aromatic heterocycles. The fourth-order valence-electron chi connectivity index (χ4n) is 2.35. The zero-order valence-electron chi connectivity index (χ0n) is 13.8. The predicted octanol–water partition coefficient (Wildman–Crippen LogP) is 3.77. The van der Waals surface area contributed by atoms with Crippen molar-refractivity contribution in [2.45, 2.75) is 23.4 Å². The molecule has 0 spiro atoms. The number of nitrogens with zero attached hydrogens (tertiary/aromatic N) is 1. The molecule has 0 aliphatic rings. The molecule has 6 nitrogen and oxygen atoms in total. The van der Waals surface area contributed by atoms with Gasteiger partial charge in [0.05, 0.1) is 21.5 Å². The van der Waals surface area contributed by atoms with Crippen molar-refractivity contribution in [3.8, 4) is 0 Å². The predicted molar refractivity (Wildman–Crippen MR) is 89.6 cm³/mol. The van der Waals surface area contributed by atoms with Crippen LogP contribution in [0.15, 0.2) is 53.4 Å². The summed E-state index contributed by atoms with van der Waals surface area (Å²) in [5.41, 5.74) is -4.04. The van der Waals surface area contributed by atoms with Crippen LogP contribution in [0.4, 0.5) is 13.2 Å². The molecule has 1 N–H and O–H groups in total. The van der Waals surface area contributed by atoms with Gasteiger partial charge in [-0.25, -0.2) is 18.2 Å². The number of rotatable bonds is 4. The molecular weight excluding hydrogens is 385 g/mol. The van der Waals surface area contributed by atoms with E-state index in [4.69, 9.17) is 4.74 Å². The van der Waals surface area contributed by atoms with E-state index < -0.39 is 32.3 Å². The highest BCUT2D eigenvalue weighted by Crippen LogP contribution is 2.30. The number of nitrogens with one attached hydrogen (secondary N) is 1.